The topological polar surface area (TPSA) is 87.4 Å². The Kier molecular flexibility index (Phi) is 5.39. The molecular weight excluding hydrogens is 270 g/mol. The molecule has 21 heavy (non-hydrogen) atoms. The predicted octanol–water partition coefficient (Wildman–Crippen LogP) is 2.89. The highest BCUT2D eigenvalue weighted by Crippen LogP contribution is 2.24. The van der Waals surface area contributed by atoms with Crippen molar-refractivity contribution >= 4 is 11.8 Å². The van der Waals surface area contributed by atoms with E-state index in [1.54, 1.807) is 13.0 Å². The highest BCUT2D eigenvalue weighted by molar-refractivity contribution is 5.88. The van der Waals surface area contributed by atoms with E-state index in [4.69, 9.17) is 4.52 Å². The van der Waals surface area contributed by atoms with Gasteiger partial charge in [0.25, 0.3) is 0 Å². The molecule has 0 saturated heterocycles. The van der Waals surface area contributed by atoms with Crippen LogP contribution in [0, 0.1) is 5.41 Å². The first-order valence-corrected chi connectivity index (χ1v) is 7.20. The second kappa shape index (κ2) is 6.47. The summed E-state index contributed by atoms with van der Waals surface area (Å²) in [6.07, 6.45) is 0.223. The largest absolute Gasteiger partial charge is 0.393 e. The van der Waals surface area contributed by atoms with E-state index in [0.717, 1.165) is 0 Å². The number of nitrogens with zero attached hydrogens (tertiary/aromatic N) is 1. The number of carbonyl (C=O) groups is 1. The Hall–Kier alpha value is -1.56. The molecule has 0 radical (unpaired) electrons. The van der Waals surface area contributed by atoms with E-state index in [1.165, 1.54) is 0 Å². The number of aromatic nitrogens is 1. The van der Waals surface area contributed by atoms with Crippen LogP contribution >= 0.6 is 0 Å². The Balaban J connectivity index is 2.49. The van der Waals surface area contributed by atoms with Gasteiger partial charge in [-0.05, 0) is 18.8 Å². The molecule has 0 bridgehead atoms. The van der Waals surface area contributed by atoms with Gasteiger partial charge in [-0.2, -0.15) is 0 Å². The summed E-state index contributed by atoms with van der Waals surface area (Å²) in [7, 11) is 0. The number of aliphatic hydroxyl groups excluding tert-OH is 1. The van der Waals surface area contributed by atoms with Crippen LogP contribution in [-0.2, 0) is 5.41 Å². The zero-order chi connectivity index (χ0) is 16.3. The summed E-state index contributed by atoms with van der Waals surface area (Å²) in [5.41, 5.74) is -0.325. The summed E-state index contributed by atoms with van der Waals surface area (Å²) in [6.45, 7) is 12.2. The fraction of sp³-hybridized carbons (Fsp3) is 0.733. The van der Waals surface area contributed by atoms with Gasteiger partial charge in [0.15, 0.2) is 5.82 Å². The third kappa shape index (κ3) is 6.16. The zero-order valence-corrected chi connectivity index (χ0v) is 13.8. The Morgan fingerprint density at radius 3 is 2.48 bits per heavy atom. The molecule has 3 N–H and O–H groups in total. The molecule has 0 unspecified atom stereocenters. The molecule has 1 heterocycles. The van der Waals surface area contributed by atoms with Gasteiger partial charge in [-0.25, -0.2) is 4.79 Å². The van der Waals surface area contributed by atoms with Gasteiger partial charge in [0.2, 0.25) is 0 Å². The molecule has 0 saturated carbocycles. The third-order valence-corrected chi connectivity index (χ3v) is 3.07. The van der Waals surface area contributed by atoms with Crippen molar-refractivity contribution in [2.24, 2.45) is 5.41 Å². The summed E-state index contributed by atoms with van der Waals surface area (Å²) < 4.78 is 5.20. The SMILES string of the molecule is C[C@@H](O)CC(C)(C)CNC(=O)Nc1cc(C(C)(C)C)on1. The first kappa shape index (κ1) is 17.5. The van der Waals surface area contributed by atoms with Crippen molar-refractivity contribution in [3.63, 3.8) is 0 Å². The van der Waals surface area contributed by atoms with Crippen LogP contribution in [0.1, 0.15) is 53.7 Å². The molecule has 120 valence electrons. The van der Waals surface area contributed by atoms with Gasteiger partial charge in [0.05, 0.1) is 6.10 Å². The van der Waals surface area contributed by atoms with E-state index in [-0.39, 0.29) is 16.9 Å². The maximum atomic E-state index is 11.8. The number of hydrogen-bond acceptors (Lipinski definition) is 4. The van der Waals surface area contributed by atoms with Crippen LogP contribution in [0.2, 0.25) is 0 Å². The minimum atomic E-state index is -0.394. The quantitative estimate of drug-likeness (QED) is 0.780. The number of carbonyl (C=O) groups excluding carboxylic acids is 1. The normalized spacial score (nSPS) is 13.9. The molecule has 6 heteroatoms. The number of amides is 2. The van der Waals surface area contributed by atoms with E-state index in [0.29, 0.717) is 24.5 Å². The second-order valence-electron chi connectivity index (χ2n) is 7.35. The van der Waals surface area contributed by atoms with E-state index in [1.807, 2.05) is 34.6 Å². The highest BCUT2D eigenvalue weighted by Gasteiger charge is 2.22. The molecule has 0 aliphatic rings. The molecule has 0 aliphatic carbocycles. The molecule has 1 aromatic heterocycles. The lowest BCUT2D eigenvalue weighted by atomic mass is 9.87. The summed E-state index contributed by atoms with van der Waals surface area (Å²) in [4.78, 5) is 11.8. The fourth-order valence-electron chi connectivity index (χ4n) is 2.04. The van der Waals surface area contributed by atoms with Crippen LogP contribution in [0.4, 0.5) is 10.6 Å². The first-order chi connectivity index (χ1) is 9.49. The standard InChI is InChI=1S/C15H27N3O3/c1-10(19)8-15(5,6)9-16-13(20)17-12-7-11(21-18-12)14(2,3)4/h7,10,19H,8-9H2,1-6H3,(H2,16,17,18,20)/t10-/m1/s1. The summed E-state index contributed by atoms with van der Waals surface area (Å²) in [6, 6.07) is 1.39. The lowest BCUT2D eigenvalue weighted by molar-refractivity contribution is 0.129. The van der Waals surface area contributed by atoms with Crippen LogP contribution in [0.25, 0.3) is 0 Å². The van der Waals surface area contributed by atoms with Gasteiger partial charge < -0.3 is 14.9 Å². The molecule has 0 aromatic carbocycles. The van der Waals surface area contributed by atoms with E-state index in [9.17, 15) is 9.90 Å². The minimum absolute atomic E-state index is 0.150. The highest BCUT2D eigenvalue weighted by atomic mass is 16.5. The van der Waals surface area contributed by atoms with E-state index in [2.05, 4.69) is 15.8 Å². The van der Waals surface area contributed by atoms with Crippen LogP contribution in [-0.4, -0.2) is 28.9 Å². The summed E-state index contributed by atoms with van der Waals surface area (Å²) in [5, 5.41) is 18.7. The molecule has 1 aromatic rings. The van der Waals surface area contributed by atoms with Crippen molar-refractivity contribution in [1.82, 2.24) is 10.5 Å². The van der Waals surface area contributed by atoms with Crippen molar-refractivity contribution in [3.05, 3.63) is 11.8 Å². The van der Waals surface area contributed by atoms with Gasteiger partial charge in [0, 0.05) is 18.0 Å². The Bertz CT molecular complexity index is 473. The maximum absolute atomic E-state index is 11.8. The molecule has 6 nitrogen and oxygen atoms in total. The van der Waals surface area contributed by atoms with Gasteiger partial charge in [-0.15, -0.1) is 0 Å². The summed E-state index contributed by atoms with van der Waals surface area (Å²) >= 11 is 0. The van der Waals surface area contributed by atoms with Crippen molar-refractivity contribution in [3.8, 4) is 0 Å². The average molecular weight is 297 g/mol. The zero-order valence-electron chi connectivity index (χ0n) is 13.8. The molecular formula is C15H27N3O3. The first-order valence-electron chi connectivity index (χ1n) is 7.20. The lowest BCUT2D eigenvalue weighted by Gasteiger charge is -2.26. The number of hydrogen-bond donors (Lipinski definition) is 3. The van der Waals surface area contributed by atoms with Crippen LogP contribution in [0.5, 0.6) is 0 Å². The maximum Gasteiger partial charge on any atom is 0.320 e. The molecule has 1 atom stereocenters. The van der Waals surface area contributed by atoms with Gasteiger partial charge >= 0.3 is 6.03 Å². The third-order valence-electron chi connectivity index (χ3n) is 3.07. The second-order valence-corrected chi connectivity index (χ2v) is 7.35. The number of aliphatic hydroxyl groups is 1. The molecule has 0 spiro atoms. The van der Waals surface area contributed by atoms with E-state index >= 15 is 0 Å². The Morgan fingerprint density at radius 1 is 1.38 bits per heavy atom. The van der Waals surface area contributed by atoms with Crippen molar-refractivity contribution in [2.75, 3.05) is 11.9 Å². The van der Waals surface area contributed by atoms with Gasteiger partial charge in [-0.3, -0.25) is 5.32 Å². The monoisotopic (exact) mass is 297 g/mol. The predicted molar refractivity (Wildman–Crippen MR) is 82.3 cm³/mol. The van der Waals surface area contributed by atoms with Crippen LogP contribution in [0.15, 0.2) is 10.6 Å². The lowest BCUT2D eigenvalue weighted by Crippen LogP contribution is -2.38. The molecule has 2 amide bonds. The Morgan fingerprint density at radius 2 is 2.00 bits per heavy atom. The van der Waals surface area contributed by atoms with Crippen molar-refractivity contribution in [2.45, 2.75) is 59.5 Å². The van der Waals surface area contributed by atoms with Crippen LogP contribution < -0.4 is 10.6 Å². The molecule has 1 rings (SSSR count). The smallest absolute Gasteiger partial charge is 0.320 e. The number of nitrogens with one attached hydrogen (secondary N) is 2. The van der Waals surface area contributed by atoms with Crippen LogP contribution in [0.3, 0.4) is 0 Å². The number of anilines is 1. The van der Waals surface area contributed by atoms with Gasteiger partial charge in [-0.1, -0.05) is 39.8 Å². The van der Waals surface area contributed by atoms with Crippen molar-refractivity contribution < 1.29 is 14.4 Å². The average Bonchev–Trinajstić information content (AvgIpc) is 2.73. The molecule has 0 fully saturated rings. The Labute approximate surface area is 126 Å². The van der Waals surface area contributed by atoms with E-state index < -0.39 is 6.10 Å². The number of urea groups is 1. The van der Waals surface area contributed by atoms with Crippen molar-refractivity contribution in [1.29, 1.82) is 0 Å². The molecule has 0 aliphatic heterocycles. The van der Waals surface area contributed by atoms with Gasteiger partial charge in [0.1, 0.15) is 5.76 Å². The summed E-state index contributed by atoms with van der Waals surface area (Å²) in [5.74, 6) is 1.11. The number of rotatable bonds is 5. The fourth-order valence-corrected chi connectivity index (χ4v) is 2.04. The minimum Gasteiger partial charge on any atom is -0.393 e.